The molecule has 0 heterocycles. The van der Waals surface area contributed by atoms with Gasteiger partial charge in [-0.05, 0) is 42.5 Å². The first-order chi connectivity index (χ1) is 12.1. The number of hydrogen-bond donors (Lipinski definition) is 1. The van der Waals surface area contributed by atoms with Gasteiger partial charge in [-0.15, -0.1) is 0 Å². The number of nitro groups is 1. The van der Waals surface area contributed by atoms with Gasteiger partial charge in [0, 0.05) is 18.7 Å². The van der Waals surface area contributed by atoms with Gasteiger partial charge in [0.05, 0.1) is 11.1 Å². The number of rotatable bonds is 7. The van der Waals surface area contributed by atoms with E-state index in [0.29, 0.717) is 18.0 Å². The largest absolute Gasteiger partial charge is 0.323 e. The van der Waals surface area contributed by atoms with Crippen LogP contribution >= 0.6 is 0 Å². The summed E-state index contributed by atoms with van der Waals surface area (Å²) in [5.41, 5.74) is 0.769. The second kappa shape index (κ2) is 9.46. The minimum Gasteiger partial charge on any atom is -0.323 e. The molecule has 0 atom stereocenters. The van der Waals surface area contributed by atoms with E-state index in [4.69, 9.17) is 5.84 Å². The minimum atomic E-state index is -0.472. The molecule has 2 N–H and O–H groups in total. The van der Waals surface area contributed by atoms with Crippen LogP contribution in [0.4, 0.5) is 5.69 Å². The summed E-state index contributed by atoms with van der Waals surface area (Å²) in [5, 5.41) is 14.1. The molecule has 0 spiro atoms. The lowest BCUT2D eigenvalue weighted by Gasteiger charge is -2.19. The van der Waals surface area contributed by atoms with Gasteiger partial charge in [-0.2, -0.15) is 5.10 Å². The van der Waals surface area contributed by atoms with Crippen molar-refractivity contribution < 1.29 is 9.72 Å². The average Bonchev–Trinajstić information content (AvgIpc) is 2.64. The Morgan fingerprint density at radius 1 is 1.24 bits per heavy atom. The SMILES string of the molecule is N/N=C(\C=NCC1CCCCC1)C(=O)/C=C/c1ccc([N+](=O)[O-])cc1. The molecular weight excluding hydrogens is 320 g/mol. The van der Waals surface area contributed by atoms with Crippen LogP contribution in [-0.4, -0.2) is 29.2 Å². The van der Waals surface area contributed by atoms with E-state index in [-0.39, 0.29) is 17.2 Å². The predicted octanol–water partition coefficient (Wildman–Crippen LogP) is 3.14. The molecule has 0 amide bonds. The Bertz CT molecular complexity index is 687. The van der Waals surface area contributed by atoms with Crippen LogP contribution in [0.1, 0.15) is 37.7 Å². The maximum absolute atomic E-state index is 12.1. The first kappa shape index (κ1) is 18.5. The highest BCUT2D eigenvalue weighted by molar-refractivity contribution is 6.64. The van der Waals surface area contributed by atoms with Crippen LogP contribution in [-0.2, 0) is 4.79 Å². The van der Waals surface area contributed by atoms with Crippen LogP contribution in [0, 0.1) is 16.0 Å². The summed E-state index contributed by atoms with van der Waals surface area (Å²) in [6.45, 7) is 0.693. The van der Waals surface area contributed by atoms with Crippen molar-refractivity contribution in [3.05, 3.63) is 46.0 Å². The highest BCUT2D eigenvalue weighted by atomic mass is 16.6. The van der Waals surface area contributed by atoms with Crippen LogP contribution in [0.3, 0.4) is 0 Å². The quantitative estimate of drug-likeness (QED) is 0.270. The van der Waals surface area contributed by atoms with Gasteiger partial charge in [0.1, 0.15) is 5.71 Å². The van der Waals surface area contributed by atoms with Gasteiger partial charge in [0.2, 0.25) is 5.78 Å². The number of nitro benzene ring substituents is 1. The van der Waals surface area contributed by atoms with Gasteiger partial charge >= 0.3 is 0 Å². The zero-order valence-corrected chi connectivity index (χ0v) is 14.0. The van der Waals surface area contributed by atoms with Crippen LogP contribution in [0.25, 0.3) is 6.08 Å². The van der Waals surface area contributed by atoms with Crippen LogP contribution in [0.5, 0.6) is 0 Å². The molecule has 7 heteroatoms. The molecule has 132 valence electrons. The molecule has 25 heavy (non-hydrogen) atoms. The molecule has 0 aliphatic heterocycles. The number of hydrogen-bond acceptors (Lipinski definition) is 6. The summed E-state index contributed by atoms with van der Waals surface area (Å²) in [5.74, 6) is 5.51. The van der Waals surface area contributed by atoms with Crippen LogP contribution in [0.15, 0.2) is 40.4 Å². The van der Waals surface area contributed by atoms with Crippen molar-refractivity contribution in [2.75, 3.05) is 6.54 Å². The zero-order valence-electron chi connectivity index (χ0n) is 14.0. The third-order valence-corrected chi connectivity index (χ3v) is 4.22. The summed E-state index contributed by atoms with van der Waals surface area (Å²) in [7, 11) is 0. The van der Waals surface area contributed by atoms with Gasteiger partial charge in [-0.3, -0.25) is 19.9 Å². The lowest BCUT2D eigenvalue weighted by atomic mass is 9.89. The van der Waals surface area contributed by atoms with Crippen molar-refractivity contribution in [2.24, 2.45) is 21.9 Å². The molecule has 7 nitrogen and oxygen atoms in total. The number of hydrazone groups is 1. The zero-order chi connectivity index (χ0) is 18.1. The van der Waals surface area contributed by atoms with Crippen molar-refractivity contribution in [3.8, 4) is 0 Å². The van der Waals surface area contributed by atoms with Gasteiger partial charge in [0.15, 0.2) is 0 Å². The van der Waals surface area contributed by atoms with E-state index < -0.39 is 4.92 Å². The van der Waals surface area contributed by atoms with E-state index in [1.165, 1.54) is 56.5 Å². The molecule has 1 aliphatic rings. The minimum absolute atomic E-state index is 0.00234. The molecule has 1 saturated carbocycles. The standard InChI is InChI=1S/C18H22N4O3/c19-21-17(13-20-12-15-4-2-1-3-5-15)18(23)11-8-14-6-9-16(10-7-14)22(24)25/h6-11,13,15H,1-5,12,19H2/b11-8+,20-13?,21-17+. The first-order valence-electron chi connectivity index (χ1n) is 8.34. The Morgan fingerprint density at radius 3 is 2.52 bits per heavy atom. The highest BCUT2D eigenvalue weighted by Crippen LogP contribution is 2.23. The number of benzene rings is 1. The molecule has 0 bridgehead atoms. The number of non-ortho nitro benzene ring substituents is 1. The summed E-state index contributed by atoms with van der Waals surface area (Å²) >= 11 is 0. The third-order valence-electron chi connectivity index (χ3n) is 4.22. The maximum Gasteiger partial charge on any atom is 0.269 e. The number of ketones is 1. The fourth-order valence-corrected chi connectivity index (χ4v) is 2.78. The second-order valence-corrected chi connectivity index (χ2v) is 6.06. The van der Waals surface area contributed by atoms with E-state index in [0.717, 1.165) is 0 Å². The van der Waals surface area contributed by atoms with E-state index >= 15 is 0 Å². The van der Waals surface area contributed by atoms with Crippen molar-refractivity contribution >= 4 is 29.5 Å². The van der Waals surface area contributed by atoms with Crippen molar-refractivity contribution in [1.82, 2.24) is 0 Å². The Kier molecular flexibility index (Phi) is 7.00. The first-order valence-corrected chi connectivity index (χ1v) is 8.34. The van der Waals surface area contributed by atoms with Gasteiger partial charge in [-0.1, -0.05) is 25.3 Å². The van der Waals surface area contributed by atoms with Gasteiger partial charge < -0.3 is 5.84 Å². The molecule has 0 unspecified atom stereocenters. The molecule has 2 rings (SSSR count). The van der Waals surface area contributed by atoms with Gasteiger partial charge in [0.25, 0.3) is 5.69 Å². The lowest BCUT2D eigenvalue weighted by molar-refractivity contribution is -0.384. The van der Waals surface area contributed by atoms with E-state index in [2.05, 4.69) is 10.1 Å². The highest BCUT2D eigenvalue weighted by Gasteiger charge is 2.12. The molecule has 0 radical (unpaired) electrons. The summed E-state index contributed by atoms with van der Waals surface area (Å²) in [6, 6.07) is 5.90. The van der Waals surface area contributed by atoms with E-state index in [1.807, 2.05) is 0 Å². The summed E-state index contributed by atoms with van der Waals surface area (Å²) in [6.07, 6.45) is 10.5. The van der Waals surface area contributed by atoms with Crippen LogP contribution < -0.4 is 5.84 Å². The number of carbonyl (C=O) groups excluding carboxylic acids is 1. The summed E-state index contributed by atoms with van der Waals surface area (Å²) in [4.78, 5) is 26.6. The molecule has 0 saturated heterocycles. The van der Waals surface area contributed by atoms with Crippen molar-refractivity contribution in [2.45, 2.75) is 32.1 Å². The molecule has 0 aromatic heterocycles. The Labute approximate surface area is 146 Å². The molecular formula is C18H22N4O3. The number of nitrogens with zero attached hydrogens (tertiary/aromatic N) is 3. The number of allylic oxidation sites excluding steroid dienone is 1. The number of carbonyl (C=O) groups is 1. The summed E-state index contributed by atoms with van der Waals surface area (Å²) < 4.78 is 0. The maximum atomic E-state index is 12.1. The average molecular weight is 342 g/mol. The predicted molar refractivity (Wildman–Crippen MR) is 98.7 cm³/mol. The molecule has 1 aromatic rings. The molecule has 1 aliphatic carbocycles. The number of aliphatic imine (C=N–C) groups is 1. The fourth-order valence-electron chi connectivity index (χ4n) is 2.78. The Balaban J connectivity index is 1.91. The van der Waals surface area contributed by atoms with Gasteiger partial charge in [-0.25, -0.2) is 0 Å². The van der Waals surface area contributed by atoms with E-state index in [9.17, 15) is 14.9 Å². The van der Waals surface area contributed by atoms with Crippen molar-refractivity contribution in [3.63, 3.8) is 0 Å². The molecule has 1 aromatic carbocycles. The monoisotopic (exact) mass is 342 g/mol. The smallest absolute Gasteiger partial charge is 0.269 e. The number of nitrogens with two attached hydrogens (primary N) is 1. The normalized spacial score (nSPS) is 16.6. The van der Waals surface area contributed by atoms with Crippen molar-refractivity contribution in [1.29, 1.82) is 0 Å². The molecule has 1 fully saturated rings. The fraction of sp³-hybridized carbons (Fsp3) is 0.389. The second-order valence-electron chi connectivity index (χ2n) is 6.06. The lowest BCUT2D eigenvalue weighted by Crippen LogP contribution is -2.16. The topological polar surface area (TPSA) is 111 Å². The Morgan fingerprint density at radius 2 is 1.92 bits per heavy atom. The third kappa shape index (κ3) is 5.95. The van der Waals surface area contributed by atoms with Crippen LogP contribution in [0.2, 0.25) is 0 Å². The van der Waals surface area contributed by atoms with E-state index in [1.54, 1.807) is 18.2 Å². The Hall–Kier alpha value is -2.83.